The summed E-state index contributed by atoms with van der Waals surface area (Å²) in [6.07, 6.45) is -1.02. The highest BCUT2D eigenvalue weighted by Crippen LogP contribution is 2.31. The maximum absolute atomic E-state index is 12.9. The molecule has 0 radical (unpaired) electrons. The number of carbonyl (C=O) groups is 1. The number of hydrogen-bond acceptors (Lipinski definition) is 3. The Hall–Kier alpha value is -2.76. The van der Waals surface area contributed by atoms with Crippen LogP contribution in [0.1, 0.15) is 21.5 Å². The molecule has 0 saturated carbocycles. The second-order valence-corrected chi connectivity index (χ2v) is 6.62. The van der Waals surface area contributed by atoms with Crippen LogP contribution in [0.25, 0.3) is 0 Å². The van der Waals surface area contributed by atoms with Gasteiger partial charge in [-0.25, -0.2) is 0 Å². The molecule has 0 amide bonds. The number of alkyl halides is 3. The summed E-state index contributed by atoms with van der Waals surface area (Å²) in [6.45, 7) is 4.46. The van der Waals surface area contributed by atoms with Gasteiger partial charge in [0.05, 0.1) is 5.56 Å². The molecular formula is C21H21F3N2O. The first-order valence-electron chi connectivity index (χ1n) is 8.78. The van der Waals surface area contributed by atoms with Crippen LogP contribution in [0, 0.1) is 6.92 Å². The summed E-state index contributed by atoms with van der Waals surface area (Å²) in [7, 11) is 0. The lowest BCUT2D eigenvalue weighted by molar-refractivity contribution is -0.137. The van der Waals surface area contributed by atoms with Crippen molar-refractivity contribution < 1.29 is 18.0 Å². The van der Waals surface area contributed by atoms with E-state index in [1.54, 1.807) is 30.5 Å². The minimum absolute atomic E-state index is 0.0599. The molecule has 0 atom stereocenters. The molecular weight excluding hydrogens is 353 g/mol. The predicted octanol–water partition coefficient (Wildman–Crippen LogP) is 4.53. The van der Waals surface area contributed by atoms with E-state index < -0.39 is 11.7 Å². The Morgan fingerprint density at radius 1 is 1.00 bits per heavy atom. The van der Waals surface area contributed by atoms with Crippen molar-refractivity contribution in [3.63, 3.8) is 0 Å². The zero-order valence-corrected chi connectivity index (χ0v) is 15.0. The highest BCUT2D eigenvalue weighted by Gasteiger charge is 2.31. The summed E-state index contributed by atoms with van der Waals surface area (Å²) in [6, 6.07) is 12.8. The highest BCUT2D eigenvalue weighted by molar-refractivity contribution is 6.04. The number of hydrogen-bond donors (Lipinski definition) is 0. The minimum Gasteiger partial charge on any atom is -0.374 e. The lowest BCUT2D eigenvalue weighted by atomic mass is 10.1. The largest absolute Gasteiger partial charge is 0.416 e. The summed E-state index contributed by atoms with van der Waals surface area (Å²) < 4.78 is 38.6. The molecule has 3 rings (SSSR count). The Morgan fingerprint density at radius 2 is 1.67 bits per heavy atom. The van der Waals surface area contributed by atoms with Crippen molar-refractivity contribution >= 4 is 11.5 Å². The Kier molecular flexibility index (Phi) is 5.54. The average Bonchev–Trinajstić information content (AvgIpc) is 2.66. The van der Waals surface area contributed by atoms with E-state index in [0.717, 1.165) is 11.6 Å². The summed E-state index contributed by atoms with van der Waals surface area (Å²) >= 11 is 0. The van der Waals surface area contributed by atoms with Crippen LogP contribution in [0.2, 0.25) is 0 Å². The van der Waals surface area contributed by atoms with Crippen LogP contribution in [0.15, 0.2) is 60.8 Å². The first-order valence-corrected chi connectivity index (χ1v) is 8.78. The maximum atomic E-state index is 12.9. The normalized spacial score (nSPS) is 15.4. The van der Waals surface area contributed by atoms with E-state index in [-0.39, 0.29) is 5.78 Å². The van der Waals surface area contributed by atoms with Gasteiger partial charge in [-0.15, -0.1) is 0 Å². The zero-order valence-electron chi connectivity index (χ0n) is 15.0. The van der Waals surface area contributed by atoms with Crippen LogP contribution < -0.4 is 4.90 Å². The number of piperazine rings is 1. The number of aryl methyl sites for hydroxylation is 1. The van der Waals surface area contributed by atoms with E-state index >= 15 is 0 Å². The standard InChI is InChI=1S/C21H21F3N2O/c1-16-5-7-17(8-6-16)20(27)9-10-25-11-13-26(14-12-25)19-4-2-3-18(15-19)21(22,23)24/h2-10,15H,11-14H2,1H3. The Bertz CT molecular complexity index is 820. The van der Waals surface area contributed by atoms with E-state index in [4.69, 9.17) is 0 Å². The van der Waals surface area contributed by atoms with Crippen LogP contribution in [0.3, 0.4) is 0 Å². The third kappa shape index (κ3) is 4.90. The third-order valence-electron chi connectivity index (χ3n) is 4.63. The quantitative estimate of drug-likeness (QED) is 0.580. The second kappa shape index (κ2) is 7.86. The lowest BCUT2D eigenvalue weighted by Gasteiger charge is -2.35. The molecule has 1 aliphatic heterocycles. The maximum Gasteiger partial charge on any atom is 0.416 e. The fourth-order valence-corrected chi connectivity index (χ4v) is 3.00. The number of halogens is 3. The molecule has 0 N–H and O–H groups in total. The molecule has 1 saturated heterocycles. The highest BCUT2D eigenvalue weighted by atomic mass is 19.4. The fourth-order valence-electron chi connectivity index (χ4n) is 3.00. The van der Waals surface area contributed by atoms with Gasteiger partial charge in [0.25, 0.3) is 0 Å². The molecule has 0 spiro atoms. The number of anilines is 1. The molecule has 2 aromatic carbocycles. The van der Waals surface area contributed by atoms with Crippen molar-refractivity contribution in [1.29, 1.82) is 0 Å². The SMILES string of the molecule is Cc1ccc(C(=O)C=CN2CCN(c3cccc(C(F)(F)F)c3)CC2)cc1. The van der Waals surface area contributed by atoms with Gasteiger partial charge in [-0.05, 0) is 25.1 Å². The van der Waals surface area contributed by atoms with Gasteiger partial charge in [0, 0.05) is 49.7 Å². The van der Waals surface area contributed by atoms with Crippen molar-refractivity contribution in [3.05, 3.63) is 77.5 Å². The van der Waals surface area contributed by atoms with Crippen molar-refractivity contribution in [1.82, 2.24) is 4.90 Å². The molecule has 142 valence electrons. The summed E-state index contributed by atoms with van der Waals surface area (Å²) in [5.41, 5.74) is 1.68. The Balaban J connectivity index is 1.57. The van der Waals surface area contributed by atoms with Gasteiger partial charge in [0.2, 0.25) is 0 Å². The molecule has 0 aromatic heterocycles. The first kappa shape index (κ1) is 19.0. The van der Waals surface area contributed by atoms with Gasteiger partial charge in [-0.1, -0.05) is 35.9 Å². The Labute approximate surface area is 156 Å². The monoisotopic (exact) mass is 374 g/mol. The van der Waals surface area contributed by atoms with Gasteiger partial charge in [0.1, 0.15) is 0 Å². The van der Waals surface area contributed by atoms with Crippen molar-refractivity contribution in [2.75, 3.05) is 31.1 Å². The van der Waals surface area contributed by atoms with Crippen molar-refractivity contribution in [2.24, 2.45) is 0 Å². The third-order valence-corrected chi connectivity index (χ3v) is 4.63. The van der Waals surface area contributed by atoms with Crippen LogP contribution in [-0.2, 0) is 6.18 Å². The van der Waals surface area contributed by atoms with E-state index in [0.29, 0.717) is 37.4 Å². The summed E-state index contributed by atoms with van der Waals surface area (Å²) in [5, 5.41) is 0. The molecule has 2 aromatic rings. The minimum atomic E-state index is -4.34. The van der Waals surface area contributed by atoms with Crippen molar-refractivity contribution in [2.45, 2.75) is 13.1 Å². The average molecular weight is 374 g/mol. The number of nitrogens with zero attached hydrogens (tertiary/aromatic N) is 2. The number of carbonyl (C=O) groups excluding carboxylic acids is 1. The molecule has 0 bridgehead atoms. The van der Waals surface area contributed by atoms with Gasteiger partial charge in [-0.2, -0.15) is 13.2 Å². The van der Waals surface area contributed by atoms with E-state index in [1.165, 1.54) is 12.1 Å². The smallest absolute Gasteiger partial charge is 0.374 e. The molecule has 27 heavy (non-hydrogen) atoms. The summed E-state index contributed by atoms with van der Waals surface area (Å²) in [5.74, 6) is -0.0599. The predicted molar refractivity (Wildman–Crippen MR) is 99.9 cm³/mol. The summed E-state index contributed by atoms with van der Waals surface area (Å²) in [4.78, 5) is 16.1. The Morgan fingerprint density at radius 3 is 2.30 bits per heavy atom. The lowest BCUT2D eigenvalue weighted by Crippen LogP contribution is -2.44. The first-order chi connectivity index (χ1) is 12.8. The topological polar surface area (TPSA) is 23.6 Å². The van der Waals surface area contributed by atoms with Gasteiger partial charge >= 0.3 is 6.18 Å². The molecule has 1 aliphatic rings. The number of ketones is 1. The fraction of sp³-hybridized carbons (Fsp3) is 0.286. The zero-order chi connectivity index (χ0) is 19.4. The van der Waals surface area contributed by atoms with E-state index in [1.807, 2.05) is 28.9 Å². The van der Waals surface area contributed by atoms with Crippen LogP contribution in [-0.4, -0.2) is 36.9 Å². The molecule has 0 unspecified atom stereocenters. The molecule has 1 fully saturated rings. The molecule has 1 heterocycles. The molecule has 6 heteroatoms. The van der Waals surface area contributed by atoms with Crippen LogP contribution >= 0.6 is 0 Å². The van der Waals surface area contributed by atoms with Gasteiger partial charge < -0.3 is 9.80 Å². The number of benzene rings is 2. The van der Waals surface area contributed by atoms with E-state index in [2.05, 4.69) is 0 Å². The molecule has 0 aliphatic carbocycles. The number of rotatable bonds is 4. The second-order valence-electron chi connectivity index (χ2n) is 6.62. The molecule has 3 nitrogen and oxygen atoms in total. The number of allylic oxidation sites excluding steroid dienone is 1. The van der Waals surface area contributed by atoms with Crippen molar-refractivity contribution in [3.8, 4) is 0 Å². The van der Waals surface area contributed by atoms with Gasteiger partial charge in [-0.3, -0.25) is 4.79 Å². The van der Waals surface area contributed by atoms with E-state index in [9.17, 15) is 18.0 Å². The van der Waals surface area contributed by atoms with Crippen LogP contribution in [0.5, 0.6) is 0 Å². The van der Waals surface area contributed by atoms with Gasteiger partial charge in [0.15, 0.2) is 5.78 Å². The van der Waals surface area contributed by atoms with Crippen LogP contribution in [0.4, 0.5) is 18.9 Å².